The van der Waals surface area contributed by atoms with E-state index in [9.17, 15) is 9.59 Å². The van der Waals surface area contributed by atoms with E-state index in [0.717, 1.165) is 23.9 Å². The molecule has 0 atom stereocenters. The molecule has 6 heteroatoms. The second-order valence-electron chi connectivity index (χ2n) is 6.00. The SMILES string of the molecule is CCCN(C)C(=O)c1cc2c(=O)n(CCC)c3ccccc3n2n1. The van der Waals surface area contributed by atoms with Crippen LogP contribution in [0, 0.1) is 0 Å². The molecule has 0 unspecified atom stereocenters. The highest BCUT2D eigenvalue weighted by molar-refractivity contribution is 5.94. The van der Waals surface area contributed by atoms with Crippen molar-refractivity contribution in [3.05, 3.63) is 46.4 Å². The number of carbonyl (C=O) groups is 1. The molecule has 3 aromatic rings. The van der Waals surface area contributed by atoms with Crippen molar-refractivity contribution in [3.63, 3.8) is 0 Å². The predicted octanol–water partition coefficient (Wildman–Crippen LogP) is 2.54. The summed E-state index contributed by atoms with van der Waals surface area (Å²) in [5.74, 6) is -0.161. The minimum absolute atomic E-state index is 0.111. The van der Waals surface area contributed by atoms with Gasteiger partial charge in [0.05, 0.1) is 11.0 Å². The largest absolute Gasteiger partial charge is 0.340 e. The van der Waals surface area contributed by atoms with Crippen LogP contribution in [0.1, 0.15) is 37.2 Å². The van der Waals surface area contributed by atoms with Crippen LogP contribution in [0.4, 0.5) is 0 Å². The van der Waals surface area contributed by atoms with Crippen molar-refractivity contribution >= 4 is 22.5 Å². The maximum atomic E-state index is 12.8. The molecular formula is C18H22N4O2. The normalized spacial score (nSPS) is 11.3. The molecule has 0 saturated heterocycles. The molecule has 1 amide bonds. The lowest BCUT2D eigenvalue weighted by Crippen LogP contribution is -2.27. The molecule has 0 N–H and O–H groups in total. The second-order valence-corrected chi connectivity index (χ2v) is 6.00. The molecular weight excluding hydrogens is 304 g/mol. The number of carbonyl (C=O) groups excluding carboxylic acids is 1. The molecule has 0 radical (unpaired) electrons. The number of aryl methyl sites for hydroxylation is 1. The summed E-state index contributed by atoms with van der Waals surface area (Å²) in [4.78, 5) is 27.0. The maximum Gasteiger partial charge on any atom is 0.277 e. The number of hydrogen-bond donors (Lipinski definition) is 0. The minimum atomic E-state index is -0.161. The Hall–Kier alpha value is -2.63. The number of para-hydroxylation sites is 2. The van der Waals surface area contributed by atoms with Gasteiger partial charge in [0.25, 0.3) is 11.5 Å². The zero-order chi connectivity index (χ0) is 17.3. The number of amides is 1. The van der Waals surface area contributed by atoms with E-state index in [0.29, 0.717) is 24.3 Å². The average Bonchev–Trinajstić information content (AvgIpc) is 3.04. The molecule has 126 valence electrons. The lowest BCUT2D eigenvalue weighted by molar-refractivity contribution is 0.0789. The summed E-state index contributed by atoms with van der Waals surface area (Å²) in [7, 11) is 1.75. The Morgan fingerprint density at radius 2 is 1.83 bits per heavy atom. The van der Waals surface area contributed by atoms with E-state index in [4.69, 9.17) is 0 Å². The van der Waals surface area contributed by atoms with Crippen molar-refractivity contribution in [2.45, 2.75) is 33.2 Å². The summed E-state index contributed by atoms with van der Waals surface area (Å²) < 4.78 is 3.35. The molecule has 2 heterocycles. The molecule has 3 rings (SSSR count). The van der Waals surface area contributed by atoms with Crippen molar-refractivity contribution in [1.29, 1.82) is 0 Å². The number of nitrogens with zero attached hydrogens (tertiary/aromatic N) is 4. The smallest absolute Gasteiger partial charge is 0.277 e. The first-order chi connectivity index (χ1) is 11.6. The fraction of sp³-hybridized carbons (Fsp3) is 0.389. The topological polar surface area (TPSA) is 59.6 Å². The number of benzene rings is 1. The lowest BCUT2D eigenvalue weighted by Gasteiger charge is -2.13. The monoisotopic (exact) mass is 326 g/mol. The van der Waals surface area contributed by atoms with Gasteiger partial charge in [-0.3, -0.25) is 9.59 Å². The molecule has 0 aliphatic rings. The molecule has 1 aromatic carbocycles. The van der Waals surface area contributed by atoms with E-state index in [-0.39, 0.29) is 11.5 Å². The van der Waals surface area contributed by atoms with Gasteiger partial charge in [0, 0.05) is 26.2 Å². The van der Waals surface area contributed by atoms with Crippen LogP contribution >= 0.6 is 0 Å². The minimum Gasteiger partial charge on any atom is -0.340 e. The Balaban J connectivity index is 2.26. The van der Waals surface area contributed by atoms with Gasteiger partial charge in [-0.1, -0.05) is 26.0 Å². The highest BCUT2D eigenvalue weighted by Gasteiger charge is 2.19. The van der Waals surface area contributed by atoms with Gasteiger partial charge in [-0.25, -0.2) is 4.52 Å². The van der Waals surface area contributed by atoms with Gasteiger partial charge in [0.2, 0.25) is 0 Å². The Morgan fingerprint density at radius 1 is 1.12 bits per heavy atom. The predicted molar refractivity (Wildman–Crippen MR) is 94.5 cm³/mol. The molecule has 2 aromatic heterocycles. The van der Waals surface area contributed by atoms with Crippen molar-refractivity contribution < 1.29 is 4.79 Å². The Labute approximate surface area is 140 Å². The third-order valence-electron chi connectivity index (χ3n) is 4.15. The van der Waals surface area contributed by atoms with Crippen LogP contribution in [-0.4, -0.2) is 38.6 Å². The average molecular weight is 326 g/mol. The molecule has 0 bridgehead atoms. The van der Waals surface area contributed by atoms with Crippen LogP contribution in [0.3, 0.4) is 0 Å². The summed E-state index contributed by atoms with van der Waals surface area (Å²) in [6.07, 6.45) is 1.74. The Bertz CT molecular complexity index is 955. The van der Waals surface area contributed by atoms with Crippen LogP contribution in [0.15, 0.2) is 35.1 Å². The fourth-order valence-corrected chi connectivity index (χ4v) is 3.02. The van der Waals surface area contributed by atoms with Gasteiger partial charge in [0.1, 0.15) is 5.52 Å². The molecule has 6 nitrogen and oxygen atoms in total. The number of aromatic nitrogens is 3. The van der Waals surface area contributed by atoms with Crippen molar-refractivity contribution in [2.75, 3.05) is 13.6 Å². The zero-order valence-electron chi connectivity index (χ0n) is 14.3. The molecule has 0 saturated carbocycles. The third kappa shape index (κ3) is 2.58. The van der Waals surface area contributed by atoms with Crippen LogP contribution in [0.2, 0.25) is 0 Å². The summed E-state index contributed by atoms with van der Waals surface area (Å²) in [6, 6.07) is 9.26. The molecule has 24 heavy (non-hydrogen) atoms. The van der Waals surface area contributed by atoms with E-state index in [1.807, 2.05) is 38.1 Å². The van der Waals surface area contributed by atoms with Gasteiger partial charge in [0.15, 0.2) is 5.69 Å². The van der Waals surface area contributed by atoms with Gasteiger partial charge in [-0.15, -0.1) is 0 Å². The number of hydrogen-bond acceptors (Lipinski definition) is 3. The summed E-state index contributed by atoms with van der Waals surface area (Å²) >= 11 is 0. The van der Waals surface area contributed by atoms with Crippen molar-refractivity contribution in [1.82, 2.24) is 19.1 Å². The van der Waals surface area contributed by atoms with Gasteiger partial charge < -0.3 is 9.47 Å². The molecule has 0 aliphatic carbocycles. The molecule has 0 spiro atoms. The van der Waals surface area contributed by atoms with Gasteiger partial charge in [-0.2, -0.15) is 5.10 Å². The standard InChI is InChI=1S/C18H22N4O2/c1-4-10-20(3)17(23)13-12-16-18(24)21(11-5-2)14-8-6-7-9-15(14)22(16)19-13/h6-9,12H,4-5,10-11H2,1-3H3. The molecule has 0 fully saturated rings. The lowest BCUT2D eigenvalue weighted by atomic mass is 10.2. The summed E-state index contributed by atoms with van der Waals surface area (Å²) in [5.41, 5.74) is 2.30. The highest BCUT2D eigenvalue weighted by atomic mass is 16.2. The number of fused-ring (bicyclic) bond motifs is 3. The molecule has 0 aliphatic heterocycles. The van der Waals surface area contributed by atoms with Crippen molar-refractivity contribution in [3.8, 4) is 0 Å². The first kappa shape index (κ1) is 16.2. The zero-order valence-corrected chi connectivity index (χ0v) is 14.3. The first-order valence-corrected chi connectivity index (χ1v) is 8.35. The Kier molecular flexibility index (Phi) is 4.38. The van der Waals surface area contributed by atoms with Crippen LogP contribution in [-0.2, 0) is 6.54 Å². The first-order valence-electron chi connectivity index (χ1n) is 8.35. The van der Waals surface area contributed by atoms with Crippen molar-refractivity contribution in [2.24, 2.45) is 0 Å². The van der Waals surface area contributed by atoms with Gasteiger partial charge in [-0.05, 0) is 25.0 Å². The highest BCUT2D eigenvalue weighted by Crippen LogP contribution is 2.16. The van der Waals surface area contributed by atoms with Crippen LogP contribution < -0.4 is 5.56 Å². The second kappa shape index (κ2) is 6.47. The Morgan fingerprint density at radius 3 is 2.50 bits per heavy atom. The fourth-order valence-electron chi connectivity index (χ4n) is 3.02. The van der Waals surface area contributed by atoms with E-state index >= 15 is 0 Å². The van der Waals surface area contributed by atoms with Gasteiger partial charge >= 0.3 is 0 Å². The summed E-state index contributed by atoms with van der Waals surface area (Å²) in [6.45, 7) is 5.36. The third-order valence-corrected chi connectivity index (χ3v) is 4.15. The van der Waals surface area contributed by atoms with E-state index in [1.54, 1.807) is 27.1 Å². The summed E-state index contributed by atoms with van der Waals surface area (Å²) in [5, 5.41) is 4.42. The van der Waals surface area contributed by atoms with Crippen LogP contribution in [0.25, 0.3) is 16.6 Å². The van der Waals surface area contributed by atoms with E-state index < -0.39 is 0 Å². The maximum absolute atomic E-state index is 12.8. The quantitative estimate of drug-likeness (QED) is 0.724. The van der Waals surface area contributed by atoms with Crippen LogP contribution in [0.5, 0.6) is 0 Å². The van der Waals surface area contributed by atoms with E-state index in [2.05, 4.69) is 5.10 Å². The number of rotatable bonds is 5. The van der Waals surface area contributed by atoms with E-state index in [1.165, 1.54) is 0 Å².